The number of thioether (sulfide) groups is 1. The molecule has 0 aliphatic carbocycles. The van der Waals surface area contributed by atoms with E-state index in [4.69, 9.17) is 21.1 Å². The van der Waals surface area contributed by atoms with Crippen LogP contribution in [-0.2, 0) is 19.1 Å². The van der Waals surface area contributed by atoms with Crippen molar-refractivity contribution in [3.8, 4) is 0 Å². The van der Waals surface area contributed by atoms with E-state index in [1.807, 2.05) is 36.4 Å². The number of amides is 2. The van der Waals surface area contributed by atoms with Gasteiger partial charge in [-0.1, -0.05) is 47.6 Å². The van der Waals surface area contributed by atoms with Crippen molar-refractivity contribution < 1.29 is 19.1 Å². The molecule has 2 amide bonds. The Balaban J connectivity index is 1.82. The summed E-state index contributed by atoms with van der Waals surface area (Å²) in [5.74, 6) is -0.529. The lowest BCUT2D eigenvalue weighted by atomic mass is 10.2. The fourth-order valence-electron chi connectivity index (χ4n) is 2.79. The van der Waals surface area contributed by atoms with Crippen molar-refractivity contribution in [2.45, 2.75) is 11.2 Å². The van der Waals surface area contributed by atoms with Gasteiger partial charge in [-0.05, 0) is 35.9 Å². The van der Waals surface area contributed by atoms with Crippen LogP contribution in [0.5, 0.6) is 0 Å². The Morgan fingerprint density at radius 2 is 1.86 bits per heavy atom. The third kappa shape index (κ3) is 5.39. The number of rotatable bonds is 7. The zero-order chi connectivity index (χ0) is 20.8. The number of hydrogen-bond donors (Lipinski definition) is 1. The van der Waals surface area contributed by atoms with Crippen molar-refractivity contribution in [1.82, 2.24) is 5.32 Å². The third-order valence-electron chi connectivity index (χ3n) is 4.29. The molecule has 8 heteroatoms. The molecule has 2 aromatic rings. The molecule has 6 nitrogen and oxygen atoms in total. The molecular formula is C21H21ClN2O4S. The van der Waals surface area contributed by atoms with Crippen LogP contribution in [0.2, 0.25) is 5.02 Å². The topological polar surface area (TPSA) is 67.9 Å². The van der Waals surface area contributed by atoms with Gasteiger partial charge in [-0.2, -0.15) is 0 Å². The minimum Gasteiger partial charge on any atom is -0.354 e. The second-order valence-electron chi connectivity index (χ2n) is 6.23. The van der Waals surface area contributed by atoms with Crippen molar-refractivity contribution in [2.75, 3.05) is 32.2 Å². The van der Waals surface area contributed by atoms with Crippen LogP contribution < -0.4 is 10.2 Å². The van der Waals surface area contributed by atoms with Gasteiger partial charge >= 0.3 is 0 Å². The summed E-state index contributed by atoms with van der Waals surface area (Å²) in [6.07, 6.45) is 1.26. The predicted molar refractivity (Wildman–Crippen MR) is 115 cm³/mol. The van der Waals surface area contributed by atoms with Crippen LogP contribution in [-0.4, -0.2) is 45.4 Å². The van der Waals surface area contributed by atoms with Crippen molar-refractivity contribution in [2.24, 2.45) is 0 Å². The van der Waals surface area contributed by atoms with E-state index in [1.165, 1.54) is 30.9 Å². The van der Waals surface area contributed by atoms with E-state index in [0.717, 1.165) is 10.5 Å². The SMILES string of the molecule is COC(CNC(=O)CN1C(=O)/C(=C\c2ccc(Cl)cc2)Sc2ccccc21)OC. The maximum atomic E-state index is 13.1. The Hall–Kier alpha value is -2.32. The molecule has 1 aliphatic rings. The number of carbonyl (C=O) groups is 2. The zero-order valence-electron chi connectivity index (χ0n) is 16.1. The molecule has 1 heterocycles. The first-order chi connectivity index (χ1) is 14.0. The fraction of sp³-hybridized carbons (Fsp3) is 0.238. The molecule has 0 atom stereocenters. The second kappa shape index (κ2) is 9.93. The number of anilines is 1. The largest absolute Gasteiger partial charge is 0.354 e. The molecule has 29 heavy (non-hydrogen) atoms. The van der Waals surface area contributed by atoms with Crippen molar-refractivity contribution in [1.29, 1.82) is 0 Å². The van der Waals surface area contributed by atoms with Gasteiger partial charge in [-0.25, -0.2) is 0 Å². The van der Waals surface area contributed by atoms with Crippen LogP contribution in [0, 0.1) is 0 Å². The highest BCUT2D eigenvalue weighted by molar-refractivity contribution is 8.04. The van der Waals surface area contributed by atoms with E-state index in [2.05, 4.69) is 5.32 Å². The summed E-state index contributed by atoms with van der Waals surface area (Å²) in [7, 11) is 2.99. The molecule has 0 saturated carbocycles. The number of hydrogen-bond acceptors (Lipinski definition) is 5. The molecule has 0 saturated heterocycles. The van der Waals surface area contributed by atoms with Crippen LogP contribution in [0.25, 0.3) is 6.08 Å². The smallest absolute Gasteiger partial charge is 0.265 e. The first-order valence-corrected chi connectivity index (χ1v) is 10.1. The first-order valence-electron chi connectivity index (χ1n) is 8.90. The van der Waals surface area contributed by atoms with Crippen LogP contribution in [0.1, 0.15) is 5.56 Å². The Morgan fingerprint density at radius 1 is 1.17 bits per heavy atom. The van der Waals surface area contributed by atoms with Gasteiger partial charge in [0.2, 0.25) is 5.91 Å². The van der Waals surface area contributed by atoms with E-state index in [-0.39, 0.29) is 24.9 Å². The number of benzene rings is 2. The Labute approximate surface area is 178 Å². The van der Waals surface area contributed by atoms with Gasteiger partial charge in [0.1, 0.15) is 6.54 Å². The number of methoxy groups -OCH3 is 2. The number of carbonyl (C=O) groups excluding carboxylic acids is 2. The van der Waals surface area contributed by atoms with E-state index >= 15 is 0 Å². The third-order valence-corrected chi connectivity index (χ3v) is 5.62. The van der Waals surface area contributed by atoms with Gasteiger partial charge < -0.3 is 14.8 Å². The standard InChI is InChI=1S/C21H21ClN2O4S/c1-27-20(28-2)12-23-19(25)13-24-16-5-3-4-6-17(16)29-18(21(24)26)11-14-7-9-15(22)10-8-14/h3-11,20H,12-13H2,1-2H3,(H,23,25)/b18-11+. The number of nitrogens with one attached hydrogen (secondary N) is 1. The molecule has 3 rings (SSSR count). The Morgan fingerprint density at radius 3 is 2.55 bits per heavy atom. The summed E-state index contributed by atoms with van der Waals surface area (Å²) in [5.41, 5.74) is 1.57. The highest BCUT2D eigenvalue weighted by Gasteiger charge is 2.30. The molecule has 1 N–H and O–H groups in total. The van der Waals surface area contributed by atoms with Crippen LogP contribution in [0.3, 0.4) is 0 Å². The van der Waals surface area contributed by atoms with Gasteiger partial charge in [0.25, 0.3) is 5.91 Å². The summed E-state index contributed by atoms with van der Waals surface area (Å²) >= 11 is 7.33. The zero-order valence-corrected chi connectivity index (χ0v) is 17.6. The number of fused-ring (bicyclic) bond motifs is 1. The molecule has 0 spiro atoms. The molecule has 0 unspecified atom stereocenters. The highest BCUT2D eigenvalue weighted by atomic mass is 35.5. The van der Waals surface area contributed by atoms with E-state index in [1.54, 1.807) is 18.2 Å². The van der Waals surface area contributed by atoms with Gasteiger partial charge in [-0.3, -0.25) is 14.5 Å². The maximum absolute atomic E-state index is 13.1. The summed E-state index contributed by atoms with van der Waals surface area (Å²) < 4.78 is 10.1. The average Bonchev–Trinajstić information content (AvgIpc) is 2.73. The van der Waals surface area contributed by atoms with Crippen LogP contribution >= 0.6 is 23.4 Å². The minimum absolute atomic E-state index is 0.103. The summed E-state index contributed by atoms with van der Waals surface area (Å²) in [6.45, 7) is 0.0895. The highest BCUT2D eigenvalue weighted by Crippen LogP contribution is 2.41. The minimum atomic E-state index is -0.542. The fourth-order valence-corrected chi connectivity index (χ4v) is 3.97. The molecule has 0 bridgehead atoms. The molecular weight excluding hydrogens is 412 g/mol. The first kappa shape index (κ1) is 21.4. The number of ether oxygens (including phenoxy) is 2. The van der Waals surface area contributed by atoms with Crippen molar-refractivity contribution in [3.63, 3.8) is 0 Å². The van der Waals surface area contributed by atoms with E-state index < -0.39 is 6.29 Å². The molecule has 2 aromatic carbocycles. The Bertz CT molecular complexity index is 913. The average molecular weight is 433 g/mol. The number of nitrogens with zero attached hydrogens (tertiary/aromatic N) is 1. The quantitative estimate of drug-likeness (QED) is 0.535. The number of halogens is 1. The molecule has 0 radical (unpaired) electrons. The van der Waals surface area contributed by atoms with Crippen LogP contribution in [0.15, 0.2) is 58.3 Å². The van der Waals surface area contributed by atoms with Gasteiger partial charge in [0, 0.05) is 24.1 Å². The van der Waals surface area contributed by atoms with Crippen molar-refractivity contribution in [3.05, 3.63) is 64.0 Å². The van der Waals surface area contributed by atoms with Gasteiger partial charge in [-0.15, -0.1) is 0 Å². The molecule has 152 valence electrons. The lowest BCUT2D eigenvalue weighted by Gasteiger charge is -2.30. The molecule has 0 fully saturated rings. The van der Waals surface area contributed by atoms with E-state index in [0.29, 0.717) is 15.6 Å². The van der Waals surface area contributed by atoms with Gasteiger partial charge in [0.15, 0.2) is 6.29 Å². The maximum Gasteiger partial charge on any atom is 0.265 e. The second-order valence-corrected chi connectivity index (χ2v) is 7.75. The summed E-state index contributed by atoms with van der Waals surface area (Å²) in [6, 6.07) is 14.7. The Kier molecular flexibility index (Phi) is 7.33. The molecule has 0 aromatic heterocycles. The summed E-state index contributed by atoms with van der Waals surface area (Å²) in [4.78, 5) is 28.5. The monoisotopic (exact) mass is 432 g/mol. The van der Waals surface area contributed by atoms with Gasteiger partial charge in [0.05, 0.1) is 17.1 Å². The van der Waals surface area contributed by atoms with E-state index in [9.17, 15) is 9.59 Å². The normalized spacial score (nSPS) is 15.0. The lowest BCUT2D eigenvalue weighted by Crippen LogP contribution is -2.44. The van der Waals surface area contributed by atoms with Crippen LogP contribution in [0.4, 0.5) is 5.69 Å². The van der Waals surface area contributed by atoms with Crippen molar-refractivity contribution >= 4 is 46.9 Å². The molecule has 1 aliphatic heterocycles. The lowest BCUT2D eigenvalue weighted by molar-refractivity contribution is -0.127. The summed E-state index contributed by atoms with van der Waals surface area (Å²) in [5, 5.41) is 3.36. The predicted octanol–water partition coefficient (Wildman–Crippen LogP) is 3.55. The number of para-hydroxylation sites is 1.